The Balaban J connectivity index is 2.15. The Morgan fingerprint density at radius 3 is 2.41 bits per heavy atom. The van der Waals surface area contributed by atoms with Crippen molar-refractivity contribution in [3.8, 4) is 5.75 Å². The largest absolute Gasteiger partial charge is 0.494 e. The zero-order valence-electron chi connectivity index (χ0n) is 21.5. The van der Waals surface area contributed by atoms with Crippen LogP contribution in [0.1, 0.15) is 64.5 Å². The van der Waals surface area contributed by atoms with Gasteiger partial charge in [0, 0.05) is 12.2 Å². The van der Waals surface area contributed by atoms with Crippen molar-refractivity contribution < 1.29 is 19.1 Å². The lowest BCUT2D eigenvalue weighted by Gasteiger charge is -2.31. The number of nitrogens with one attached hydrogen (secondary N) is 1. The Morgan fingerprint density at radius 1 is 1.14 bits per heavy atom. The molecule has 1 aromatic heterocycles. The summed E-state index contributed by atoms with van der Waals surface area (Å²) in [7, 11) is 0. The number of aromatic nitrogens is 1. The molecule has 0 saturated heterocycles. The predicted octanol–water partition coefficient (Wildman–Crippen LogP) is 4.08. The molecule has 37 heavy (non-hydrogen) atoms. The fourth-order valence-electron chi connectivity index (χ4n) is 3.81. The van der Waals surface area contributed by atoms with E-state index < -0.39 is 17.9 Å². The molecular weight excluding hydrogens is 490 g/mol. The number of carbonyl (C=O) groups excluding carboxylic acids is 3. The number of nitrogens with zero attached hydrogens (tertiary/aromatic N) is 2. The lowest BCUT2D eigenvalue weighted by Crippen LogP contribution is -2.44. The summed E-state index contributed by atoms with van der Waals surface area (Å²) < 4.78 is 9.55. The normalized spacial score (nSPS) is 11.7. The number of benzene rings is 2. The first-order valence-electron chi connectivity index (χ1n) is 12.1. The topological polar surface area (TPSA) is 141 Å². The number of hydrogen-bond acceptors (Lipinski definition) is 7. The molecule has 1 heterocycles. The van der Waals surface area contributed by atoms with Crippen molar-refractivity contribution in [2.75, 3.05) is 23.8 Å². The first-order valence-corrected chi connectivity index (χ1v) is 12.9. The number of nitrogens with two attached hydrogens (primary N) is 2. The van der Waals surface area contributed by atoms with Crippen LogP contribution in [0.15, 0.2) is 48.5 Å². The van der Waals surface area contributed by atoms with Crippen LogP contribution in [0.2, 0.25) is 0 Å². The van der Waals surface area contributed by atoms with Crippen LogP contribution in [0.25, 0.3) is 0 Å². The number of amides is 3. The molecule has 3 aromatic rings. The second-order valence-electron chi connectivity index (χ2n) is 9.03. The molecule has 0 unspecified atom stereocenters. The summed E-state index contributed by atoms with van der Waals surface area (Å²) in [5, 5.41) is 2.98. The molecule has 2 aromatic carbocycles. The van der Waals surface area contributed by atoms with Gasteiger partial charge in [0.2, 0.25) is 5.91 Å². The van der Waals surface area contributed by atoms with E-state index in [1.807, 2.05) is 32.0 Å². The molecule has 0 aliphatic heterocycles. The minimum atomic E-state index is -1.03. The predicted molar refractivity (Wildman–Crippen MR) is 146 cm³/mol. The Labute approximate surface area is 221 Å². The molecule has 196 valence electrons. The van der Waals surface area contributed by atoms with Gasteiger partial charge in [0.15, 0.2) is 5.69 Å². The third-order valence-corrected chi connectivity index (χ3v) is 6.54. The molecular formula is C27H33N5O4S. The van der Waals surface area contributed by atoms with E-state index in [-0.39, 0.29) is 22.2 Å². The van der Waals surface area contributed by atoms with E-state index in [0.717, 1.165) is 23.5 Å². The Kier molecular flexibility index (Phi) is 9.24. The number of carbonyl (C=O) groups is 3. The van der Waals surface area contributed by atoms with Crippen molar-refractivity contribution in [2.45, 2.75) is 40.2 Å². The number of anilines is 2. The average Bonchev–Trinajstić information content (AvgIpc) is 3.24. The Bertz CT molecular complexity index is 1260. The van der Waals surface area contributed by atoms with E-state index in [4.69, 9.17) is 16.2 Å². The summed E-state index contributed by atoms with van der Waals surface area (Å²) in [5.41, 5.74) is 13.2. The summed E-state index contributed by atoms with van der Waals surface area (Å²) in [6.07, 6.45) is 0.782. The van der Waals surface area contributed by atoms with Gasteiger partial charge in [-0.05, 0) is 73.1 Å². The smallest absolute Gasteiger partial charge is 0.273 e. The van der Waals surface area contributed by atoms with Gasteiger partial charge in [-0.25, -0.2) is 0 Å². The zero-order valence-corrected chi connectivity index (χ0v) is 22.3. The van der Waals surface area contributed by atoms with Crippen LogP contribution in [0.5, 0.6) is 5.75 Å². The van der Waals surface area contributed by atoms with E-state index in [2.05, 4.69) is 23.5 Å². The van der Waals surface area contributed by atoms with Crippen molar-refractivity contribution in [1.29, 1.82) is 0 Å². The fourth-order valence-corrected chi connectivity index (χ4v) is 4.55. The first-order chi connectivity index (χ1) is 17.6. The van der Waals surface area contributed by atoms with Crippen LogP contribution in [-0.2, 0) is 4.79 Å². The summed E-state index contributed by atoms with van der Waals surface area (Å²) in [4.78, 5) is 40.9. The van der Waals surface area contributed by atoms with Crippen molar-refractivity contribution in [3.63, 3.8) is 0 Å². The molecule has 0 saturated carbocycles. The fraction of sp³-hybridized carbons (Fsp3) is 0.333. The molecule has 9 nitrogen and oxygen atoms in total. The summed E-state index contributed by atoms with van der Waals surface area (Å²) in [6, 6.07) is 13.3. The molecule has 10 heteroatoms. The van der Waals surface area contributed by atoms with Gasteiger partial charge in [-0.1, -0.05) is 38.1 Å². The van der Waals surface area contributed by atoms with Crippen LogP contribution >= 0.6 is 11.5 Å². The number of primary amides is 1. The average molecular weight is 524 g/mol. The zero-order chi connectivity index (χ0) is 27.1. The van der Waals surface area contributed by atoms with Gasteiger partial charge in [0.05, 0.1) is 12.3 Å². The van der Waals surface area contributed by atoms with Crippen LogP contribution in [0.4, 0.5) is 11.4 Å². The van der Waals surface area contributed by atoms with E-state index in [9.17, 15) is 14.4 Å². The number of rotatable bonds is 11. The highest BCUT2D eigenvalue weighted by Crippen LogP contribution is 2.34. The second kappa shape index (κ2) is 12.4. The molecule has 0 fully saturated rings. The molecule has 0 spiro atoms. The van der Waals surface area contributed by atoms with Gasteiger partial charge in [-0.3, -0.25) is 19.3 Å². The third kappa shape index (κ3) is 6.65. The van der Waals surface area contributed by atoms with Gasteiger partial charge >= 0.3 is 0 Å². The SMILES string of the molecule is CCOc1ccc([C@@H](C(=O)NCCC(C)C)N(C(=O)c2snc(C(N)=O)c2N)c2cccc(C)c2)cc1. The summed E-state index contributed by atoms with van der Waals surface area (Å²) >= 11 is 0.776. The van der Waals surface area contributed by atoms with Gasteiger partial charge in [0.25, 0.3) is 11.8 Å². The lowest BCUT2D eigenvalue weighted by molar-refractivity contribution is -0.122. The van der Waals surface area contributed by atoms with Crippen molar-refractivity contribution in [2.24, 2.45) is 11.7 Å². The van der Waals surface area contributed by atoms with E-state index in [0.29, 0.717) is 36.1 Å². The van der Waals surface area contributed by atoms with E-state index >= 15 is 0 Å². The van der Waals surface area contributed by atoms with Gasteiger partial charge in [-0.15, -0.1) is 0 Å². The molecule has 0 bridgehead atoms. The minimum Gasteiger partial charge on any atom is -0.494 e. The Morgan fingerprint density at radius 2 is 1.84 bits per heavy atom. The third-order valence-electron chi connectivity index (χ3n) is 5.69. The number of nitrogen functional groups attached to an aromatic ring is 1. The summed E-state index contributed by atoms with van der Waals surface area (Å²) in [6.45, 7) is 8.88. The molecule has 0 aliphatic carbocycles. The van der Waals surface area contributed by atoms with Crippen molar-refractivity contribution in [1.82, 2.24) is 9.69 Å². The van der Waals surface area contributed by atoms with Gasteiger partial charge in [0.1, 0.15) is 16.7 Å². The van der Waals surface area contributed by atoms with Crippen LogP contribution in [0.3, 0.4) is 0 Å². The molecule has 0 radical (unpaired) electrons. The molecule has 3 amide bonds. The Hall–Kier alpha value is -3.92. The highest BCUT2D eigenvalue weighted by molar-refractivity contribution is 7.09. The monoisotopic (exact) mass is 523 g/mol. The van der Waals surface area contributed by atoms with Gasteiger partial charge in [-0.2, -0.15) is 4.37 Å². The second-order valence-corrected chi connectivity index (χ2v) is 9.80. The molecule has 1 atom stereocenters. The first kappa shape index (κ1) is 27.7. The van der Waals surface area contributed by atoms with Crippen LogP contribution < -0.4 is 26.4 Å². The van der Waals surface area contributed by atoms with Crippen molar-refractivity contribution in [3.05, 3.63) is 70.2 Å². The van der Waals surface area contributed by atoms with E-state index in [1.165, 1.54) is 4.90 Å². The summed E-state index contributed by atoms with van der Waals surface area (Å²) in [5.74, 6) is -0.701. The minimum absolute atomic E-state index is 0.0289. The number of ether oxygens (including phenoxy) is 1. The highest BCUT2D eigenvalue weighted by atomic mass is 32.1. The molecule has 5 N–H and O–H groups in total. The maximum absolute atomic E-state index is 14.0. The van der Waals surface area contributed by atoms with Crippen molar-refractivity contribution >= 4 is 40.6 Å². The number of aryl methyl sites for hydroxylation is 1. The maximum Gasteiger partial charge on any atom is 0.273 e. The molecule has 0 aliphatic rings. The lowest BCUT2D eigenvalue weighted by atomic mass is 10.0. The van der Waals surface area contributed by atoms with Crippen LogP contribution in [0, 0.1) is 12.8 Å². The quantitative estimate of drug-likeness (QED) is 0.346. The van der Waals surface area contributed by atoms with Gasteiger partial charge < -0.3 is 21.5 Å². The van der Waals surface area contributed by atoms with Crippen LogP contribution in [-0.4, -0.2) is 35.2 Å². The van der Waals surface area contributed by atoms with E-state index in [1.54, 1.807) is 30.3 Å². The molecule has 3 rings (SSSR count). The maximum atomic E-state index is 14.0. The standard InChI is InChI=1S/C27H33N5O4S/c1-5-36-20-11-9-18(10-12-20)23(26(34)30-14-13-16(2)3)32(19-8-6-7-17(4)15-19)27(35)24-21(28)22(25(29)33)31-37-24/h6-12,15-16,23H,5,13-14,28H2,1-4H3,(H2,29,33)(H,30,34)/t23-/m0/s1. The number of hydrogen-bond donors (Lipinski definition) is 3. The highest BCUT2D eigenvalue weighted by Gasteiger charge is 2.36.